The van der Waals surface area contributed by atoms with Crippen LogP contribution in [0.2, 0.25) is 0 Å². The molecule has 0 aliphatic heterocycles. The molecule has 0 fully saturated rings. The van der Waals surface area contributed by atoms with E-state index in [1.54, 1.807) is 0 Å². The smallest absolute Gasteiger partial charge is 0.381 e. The van der Waals surface area contributed by atoms with Gasteiger partial charge < -0.3 is 15.7 Å². The molecular formula is C5H10MnO6. The summed E-state index contributed by atoms with van der Waals surface area (Å²) in [5.74, 6) is -2.65. The van der Waals surface area contributed by atoms with Crippen molar-refractivity contribution in [2.24, 2.45) is 0 Å². The van der Waals surface area contributed by atoms with Crippen LogP contribution in [0.15, 0.2) is 0 Å². The molecule has 12 heavy (non-hydrogen) atoms. The Bertz CT molecular complexity index is 165. The SMILES string of the molecule is CC(=O)OC(=O)C(C)=O.O.O.[Mn]. The van der Waals surface area contributed by atoms with Crippen LogP contribution in [0, 0.1) is 0 Å². The second kappa shape index (κ2) is 10.2. The summed E-state index contributed by atoms with van der Waals surface area (Å²) in [4.78, 5) is 30.2. The van der Waals surface area contributed by atoms with E-state index in [0.717, 1.165) is 13.8 Å². The van der Waals surface area contributed by atoms with Crippen molar-refractivity contribution in [3.8, 4) is 0 Å². The maximum atomic E-state index is 10.2. The van der Waals surface area contributed by atoms with Gasteiger partial charge in [0.05, 0.1) is 0 Å². The molecular weight excluding hydrogens is 211 g/mol. The van der Waals surface area contributed by atoms with Gasteiger partial charge in [0, 0.05) is 30.9 Å². The van der Waals surface area contributed by atoms with Crippen LogP contribution in [0.4, 0.5) is 0 Å². The van der Waals surface area contributed by atoms with E-state index in [1.807, 2.05) is 0 Å². The topological polar surface area (TPSA) is 123 Å². The maximum Gasteiger partial charge on any atom is 0.381 e. The van der Waals surface area contributed by atoms with E-state index in [0.29, 0.717) is 0 Å². The van der Waals surface area contributed by atoms with Gasteiger partial charge in [0.2, 0.25) is 5.78 Å². The van der Waals surface area contributed by atoms with Crippen molar-refractivity contribution in [1.29, 1.82) is 0 Å². The summed E-state index contributed by atoms with van der Waals surface area (Å²) >= 11 is 0. The molecule has 0 saturated heterocycles. The Kier molecular flexibility index (Phi) is 19.2. The van der Waals surface area contributed by atoms with Crippen LogP contribution in [0.3, 0.4) is 0 Å². The van der Waals surface area contributed by atoms with Gasteiger partial charge in [-0.2, -0.15) is 0 Å². The fraction of sp³-hybridized carbons (Fsp3) is 0.400. The molecule has 73 valence electrons. The van der Waals surface area contributed by atoms with Crippen molar-refractivity contribution < 1.29 is 47.1 Å². The molecule has 0 amide bonds. The van der Waals surface area contributed by atoms with Gasteiger partial charge in [-0.05, 0) is 0 Å². The average molecular weight is 221 g/mol. The van der Waals surface area contributed by atoms with Crippen LogP contribution in [0.25, 0.3) is 0 Å². The Hall–Kier alpha value is -0.751. The first-order chi connectivity index (χ1) is 4.04. The second-order valence-electron chi connectivity index (χ2n) is 1.44. The predicted octanol–water partition coefficient (Wildman–Crippen LogP) is -1.99. The van der Waals surface area contributed by atoms with Crippen molar-refractivity contribution in [2.45, 2.75) is 13.8 Å². The molecule has 0 unspecified atom stereocenters. The number of hydrogen-bond donors (Lipinski definition) is 0. The third kappa shape index (κ3) is 12.0. The molecule has 0 atom stereocenters. The molecule has 0 aromatic heterocycles. The van der Waals surface area contributed by atoms with Crippen LogP contribution in [0.5, 0.6) is 0 Å². The molecule has 0 rings (SSSR count). The Morgan fingerprint density at radius 3 is 1.42 bits per heavy atom. The van der Waals surface area contributed by atoms with E-state index in [2.05, 4.69) is 4.74 Å². The Labute approximate surface area is 79.4 Å². The minimum atomic E-state index is -1.11. The quantitative estimate of drug-likeness (QED) is 0.220. The van der Waals surface area contributed by atoms with Crippen molar-refractivity contribution in [3.63, 3.8) is 0 Å². The molecule has 7 heteroatoms. The zero-order chi connectivity index (χ0) is 7.44. The van der Waals surface area contributed by atoms with Crippen molar-refractivity contribution in [1.82, 2.24) is 0 Å². The first-order valence-corrected chi connectivity index (χ1v) is 2.27. The van der Waals surface area contributed by atoms with Gasteiger partial charge in [-0.15, -0.1) is 0 Å². The van der Waals surface area contributed by atoms with Gasteiger partial charge in [-0.25, -0.2) is 4.79 Å². The first-order valence-electron chi connectivity index (χ1n) is 2.27. The summed E-state index contributed by atoms with van der Waals surface area (Å²) in [6, 6.07) is 0. The number of esters is 2. The van der Waals surface area contributed by atoms with Crippen molar-refractivity contribution in [3.05, 3.63) is 0 Å². The van der Waals surface area contributed by atoms with Crippen LogP contribution >= 0.6 is 0 Å². The molecule has 0 bridgehead atoms. The predicted molar refractivity (Wildman–Crippen MR) is 34.7 cm³/mol. The Balaban J connectivity index is -0.000000107. The van der Waals surface area contributed by atoms with Gasteiger partial charge in [0.15, 0.2) is 0 Å². The van der Waals surface area contributed by atoms with Gasteiger partial charge >= 0.3 is 11.9 Å². The van der Waals surface area contributed by atoms with Crippen LogP contribution in [-0.4, -0.2) is 28.7 Å². The largest absolute Gasteiger partial charge is 0.412 e. The number of ether oxygens (including phenoxy) is 1. The summed E-state index contributed by atoms with van der Waals surface area (Å²) in [5.41, 5.74) is 0. The zero-order valence-electron chi connectivity index (χ0n) is 6.51. The molecule has 6 nitrogen and oxygen atoms in total. The van der Waals surface area contributed by atoms with E-state index in [1.165, 1.54) is 0 Å². The van der Waals surface area contributed by atoms with E-state index >= 15 is 0 Å². The van der Waals surface area contributed by atoms with E-state index in [4.69, 9.17) is 0 Å². The summed E-state index contributed by atoms with van der Waals surface area (Å²) in [6.45, 7) is 2.09. The van der Waals surface area contributed by atoms with Crippen LogP contribution < -0.4 is 0 Å². The number of Topliss-reactive ketones (excluding diaryl/α,β-unsaturated/α-hetero) is 1. The van der Waals surface area contributed by atoms with Crippen LogP contribution in [0.1, 0.15) is 13.8 Å². The number of carbonyl (C=O) groups is 3. The minimum absolute atomic E-state index is 0. The average Bonchev–Trinajstić information content (AvgIpc) is 1.63. The van der Waals surface area contributed by atoms with E-state index in [9.17, 15) is 14.4 Å². The van der Waals surface area contributed by atoms with Gasteiger partial charge in [0.25, 0.3) is 0 Å². The number of carbonyl (C=O) groups excluding carboxylic acids is 3. The number of ketones is 1. The first kappa shape index (κ1) is 22.5. The Morgan fingerprint density at radius 1 is 1.00 bits per heavy atom. The molecule has 0 saturated carbocycles. The summed E-state index contributed by atoms with van der Waals surface area (Å²) in [7, 11) is 0. The molecule has 0 heterocycles. The van der Waals surface area contributed by atoms with Gasteiger partial charge in [-0.1, -0.05) is 0 Å². The van der Waals surface area contributed by atoms with E-state index < -0.39 is 17.7 Å². The fourth-order valence-electron chi connectivity index (χ4n) is 0.202. The second-order valence-corrected chi connectivity index (χ2v) is 1.44. The summed E-state index contributed by atoms with van der Waals surface area (Å²) in [5, 5.41) is 0. The summed E-state index contributed by atoms with van der Waals surface area (Å²) < 4.78 is 3.88. The molecule has 4 N–H and O–H groups in total. The normalized spacial score (nSPS) is 6.17. The molecule has 0 spiro atoms. The minimum Gasteiger partial charge on any atom is -0.412 e. The fourth-order valence-corrected chi connectivity index (χ4v) is 0.202. The molecule has 0 aromatic carbocycles. The van der Waals surface area contributed by atoms with Crippen LogP contribution in [-0.2, 0) is 36.2 Å². The van der Waals surface area contributed by atoms with Crippen molar-refractivity contribution >= 4 is 17.7 Å². The molecule has 0 aromatic rings. The van der Waals surface area contributed by atoms with Gasteiger partial charge in [-0.3, -0.25) is 9.59 Å². The third-order valence-corrected chi connectivity index (χ3v) is 0.524. The summed E-state index contributed by atoms with van der Waals surface area (Å²) in [6.07, 6.45) is 0. The maximum absolute atomic E-state index is 10.2. The zero-order valence-corrected chi connectivity index (χ0v) is 7.69. The molecule has 1 radical (unpaired) electrons. The standard InChI is InChI=1S/C5H6O4.Mn.2H2O/c1-3(6)5(8)9-4(2)7;;;/h1-2H3;;2*1H2. The monoisotopic (exact) mass is 221 g/mol. The third-order valence-electron chi connectivity index (χ3n) is 0.524. The molecule has 0 aliphatic carbocycles. The van der Waals surface area contributed by atoms with E-state index in [-0.39, 0.29) is 28.0 Å². The van der Waals surface area contributed by atoms with Gasteiger partial charge in [0.1, 0.15) is 0 Å². The molecule has 0 aliphatic rings. The van der Waals surface area contributed by atoms with Crippen molar-refractivity contribution in [2.75, 3.05) is 0 Å². The number of hydrogen-bond acceptors (Lipinski definition) is 4. The number of rotatable bonds is 1. The Morgan fingerprint density at radius 2 is 1.33 bits per heavy atom.